The molecule has 1 N–H and O–H groups in total. The molecular formula is C17H15ClN2. The van der Waals surface area contributed by atoms with Gasteiger partial charge in [0.1, 0.15) is 0 Å². The predicted octanol–water partition coefficient (Wildman–Crippen LogP) is 5.25. The molecule has 0 radical (unpaired) electrons. The quantitative estimate of drug-likeness (QED) is 0.694. The molecule has 0 aliphatic carbocycles. The van der Waals surface area contributed by atoms with E-state index in [-0.39, 0.29) is 0 Å². The van der Waals surface area contributed by atoms with E-state index in [0.29, 0.717) is 0 Å². The molecule has 1 heterocycles. The van der Waals surface area contributed by atoms with Gasteiger partial charge >= 0.3 is 0 Å². The molecule has 0 aliphatic heterocycles. The molecule has 3 rings (SSSR count). The zero-order valence-electron chi connectivity index (χ0n) is 11.4. The van der Waals surface area contributed by atoms with E-state index in [2.05, 4.69) is 36.3 Å². The molecule has 1 aromatic heterocycles. The first-order chi connectivity index (χ1) is 9.65. The smallest absolute Gasteiger partial charge is 0.0754 e. The highest BCUT2D eigenvalue weighted by molar-refractivity contribution is 6.30. The maximum absolute atomic E-state index is 5.91. The van der Waals surface area contributed by atoms with Crippen molar-refractivity contribution in [1.29, 1.82) is 0 Å². The van der Waals surface area contributed by atoms with Crippen LogP contribution in [0.15, 0.2) is 48.7 Å². The number of hydrogen-bond acceptors (Lipinski definition) is 2. The van der Waals surface area contributed by atoms with Gasteiger partial charge in [-0.05, 0) is 55.3 Å². The molecule has 0 aliphatic rings. The number of nitrogens with one attached hydrogen (secondary N) is 1. The zero-order valence-corrected chi connectivity index (χ0v) is 12.2. The van der Waals surface area contributed by atoms with Gasteiger partial charge in [-0.15, -0.1) is 0 Å². The van der Waals surface area contributed by atoms with Crippen LogP contribution in [0.4, 0.5) is 11.4 Å². The second-order valence-corrected chi connectivity index (χ2v) is 5.33. The number of fused-ring (bicyclic) bond motifs is 1. The molecular weight excluding hydrogens is 268 g/mol. The van der Waals surface area contributed by atoms with Crippen molar-refractivity contribution in [3.05, 3.63) is 64.8 Å². The number of pyridine rings is 1. The van der Waals surface area contributed by atoms with Crippen LogP contribution in [0.25, 0.3) is 10.9 Å². The lowest BCUT2D eigenvalue weighted by Gasteiger charge is -2.11. The molecule has 0 fully saturated rings. The number of anilines is 2. The van der Waals surface area contributed by atoms with Crippen molar-refractivity contribution < 1.29 is 0 Å². The molecule has 100 valence electrons. The van der Waals surface area contributed by atoms with Gasteiger partial charge in [0.2, 0.25) is 0 Å². The third-order valence-electron chi connectivity index (χ3n) is 3.56. The lowest BCUT2D eigenvalue weighted by Crippen LogP contribution is -1.94. The van der Waals surface area contributed by atoms with E-state index in [4.69, 9.17) is 11.6 Å². The minimum absolute atomic E-state index is 0.738. The number of rotatable bonds is 2. The monoisotopic (exact) mass is 282 g/mol. The molecule has 2 aromatic carbocycles. The maximum Gasteiger partial charge on any atom is 0.0754 e. The van der Waals surface area contributed by atoms with Crippen LogP contribution in [0.1, 0.15) is 11.1 Å². The number of halogens is 1. The molecule has 3 aromatic rings. The Labute approximate surface area is 123 Å². The van der Waals surface area contributed by atoms with Crippen LogP contribution in [0, 0.1) is 13.8 Å². The normalized spacial score (nSPS) is 10.8. The van der Waals surface area contributed by atoms with Gasteiger partial charge in [-0.25, -0.2) is 0 Å². The molecule has 0 atom stereocenters. The predicted molar refractivity (Wildman–Crippen MR) is 86.0 cm³/mol. The molecule has 0 spiro atoms. The van der Waals surface area contributed by atoms with Gasteiger partial charge in [0.05, 0.1) is 5.52 Å². The van der Waals surface area contributed by atoms with Crippen molar-refractivity contribution in [2.45, 2.75) is 13.8 Å². The lowest BCUT2D eigenvalue weighted by molar-refractivity contribution is 1.31. The largest absolute Gasteiger partial charge is 0.355 e. The Kier molecular flexibility index (Phi) is 3.33. The third-order valence-corrected chi connectivity index (χ3v) is 3.81. The second-order valence-electron chi connectivity index (χ2n) is 4.89. The standard InChI is InChI=1S/C17H15ClN2/c1-11-3-8-15-16(9-10-19-17(15)12(11)2)20-14-6-4-13(18)5-7-14/h3-10H,1-2H3,(H,19,20). The maximum atomic E-state index is 5.91. The Balaban J connectivity index is 2.08. The van der Waals surface area contributed by atoms with E-state index in [0.717, 1.165) is 27.3 Å². The van der Waals surface area contributed by atoms with E-state index in [1.807, 2.05) is 36.5 Å². The van der Waals surface area contributed by atoms with E-state index in [9.17, 15) is 0 Å². The van der Waals surface area contributed by atoms with Crippen LogP contribution < -0.4 is 5.32 Å². The summed E-state index contributed by atoms with van der Waals surface area (Å²) in [6.45, 7) is 4.21. The average Bonchev–Trinajstić information content (AvgIpc) is 2.46. The van der Waals surface area contributed by atoms with Crippen LogP contribution in [0.2, 0.25) is 5.02 Å². The molecule has 0 bridgehead atoms. The number of nitrogens with zero attached hydrogens (tertiary/aromatic N) is 1. The van der Waals surface area contributed by atoms with Crippen LogP contribution in [-0.4, -0.2) is 4.98 Å². The zero-order chi connectivity index (χ0) is 14.1. The first-order valence-electron chi connectivity index (χ1n) is 6.52. The summed E-state index contributed by atoms with van der Waals surface area (Å²) < 4.78 is 0. The van der Waals surface area contributed by atoms with Gasteiger partial charge < -0.3 is 5.32 Å². The number of aromatic nitrogens is 1. The minimum atomic E-state index is 0.738. The number of hydrogen-bond donors (Lipinski definition) is 1. The summed E-state index contributed by atoms with van der Waals surface area (Å²) in [5, 5.41) is 5.29. The van der Waals surface area contributed by atoms with Gasteiger partial charge in [0.25, 0.3) is 0 Å². The van der Waals surface area contributed by atoms with Crippen molar-refractivity contribution in [3.63, 3.8) is 0 Å². The molecule has 0 saturated carbocycles. The molecule has 3 heteroatoms. The second kappa shape index (κ2) is 5.14. The summed E-state index contributed by atoms with van der Waals surface area (Å²) in [5.41, 5.74) is 5.60. The van der Waals surface area contributed by atoms with Gasteiger partial charge in [-0.2, -0.15) is 0 Å². The fourth-order valence-electron chi connectivity index (χ4n) is 2.26. The van der Waals surface area contributed by atoms with Crippen molar-refractivity contribution >= 4 is 33.9 Å². The van der Waals surface area contributed by atoms with Crippen LogP contribution >= 0.6 is 11.6 Å². The van der Waals surface area contributed by atoms with Crippen molar-refractivity contribution in [3.8, 4) is 0 Å². The first kappa shape index (κ1) is 12.9. The Morgan fingerprint density at radius 1 is 0.950 bits per heavy atom. The molecule has 0 unspecified atom stereocenters. The van der Waals surface area contributed by atoms with Crippen LogP contribution in [0.3, 0.4) is 0 Å². The Morgan fingerprint density at radius 3 is 2.45 bits per heavy atom. The molecule has 0 saturated heterocycles. The molecule has 20 heavy (non-hydrogen) atoms. The van der Waals surface area contributed by atoms with E-state index in [1.165, 1.54) is 11.1 Å². The highest BCUT2D eigenvalue weighted by atomic mass is 35.5. The van der Waals surface area contributed by atoms with Gasteiger partial charge in [-0.3, -0.25) is 4.98 Å². The van der Waals surface area contributed by atoms with E-state index in [1.54, 1.807) is 0 Å². The summed E-state index contributed by atoms with van der Waals surface area (Å²) in [5.74, 6) is 0. The van der Waals surface area contributed by atoms with E-state index < -0.39 is 0 Å². The highest BCUT2D eigenvalue weighted by Gasteiger charge is 2.06. The Bertz CT molecular complexity index is 764. The van der Waals surface area contributed by atoms with Crippen molar-refractivity contribution in [1.82, 2.24) is 4.98 Å². The van der Waals surface area contributed by atoms with Crippen molar-refractivity contribution in [2.24, 2.45) is 0 Å². The number of aryl methyl sites for hydroxylation is 2. The lowest BCUT2D eigenvalue weighted by atomic mass is 10.0. The SMILES string of the molecule is Cc1ccc2c(Nc3ccc(Cl)cc3)ccnc2c1C. The first-order valence-corrected chi connectivity index (χ1v) is 6.90. The van der Waals surface area contributed by atoms with E-state index >= 15 is 0 Å². The third kappa shape index (κ3) is 2.35. The van der Waals surface area contributed by atoms with Crippen LogP contribution in [0.5, 0.6) is 0 Å². The highest BCUT2D eigenvalue weighted by Crippen LogP contribution is 2.28. The summed E-state index contributed by atoms with van der Waals surface area (Å²) in [6, 6.07) is 13.9. The Morgan fingerprint density at radius 2 is 1.70 bits per heavy atom. The average molecular weight is 283 g/mol. The fourth-order valence-corrected chi connectivity index (χ4v) is 2.38. The molecule has 2 nitrogen and oxygen atoms in total. The summed E-state index contributed by atoms with van der Waals surface area (Å²) in [4.78, 5) is 4.50. The summed E-state index contributed by atoms with van der Waals surface area (Å²) in [6.07, 6.45) is 1.84. The fraction of sp³-hybridized carbons (Fsp3) is 0.118. The van der Waals surface area contributed by atoms with Crippen LogP contribution in [-0.2, 0) is 0 Å². The summed E-state index contributed by atoms with van der Waals surface area (Å²) in [7, 11) is 0. The van der Waals surface area contributed by atoms with Gasteiger partial charge in [-0.1, -0.05) is 23.7 Å². The number of benzene rings is 2. The van der Waals surface area contributed by atoms with Gasteiger partial charge in [0, 0.05) is 28.0 Å². The van der Waals surface area contributed by atoms with Gasteiger partial charge in [0.15, 0.2) is 0 Å². The topological polar surface area (TPSA) is 24.9 Å². The minimum Gasteiger partial charge on any atom is -0.355 e. The van der Waals surface area contributed by atoms with Crippen molar-refractivity contribution in [2.75, 3.05) is 5.32 Å². The summed E-state index contributed by atoms with van der Waals surface area (Å²) >= 11 is 5.91. The molecule has 0 amide bonds. The Hall–Kier alpha value is -2.06.